The number of piperidine rings is 1. The summed E-state index contributed by atoms with van der Waals surface area (Å²) >= 11 is 0. The van der Waals surface area contributed by atoms with Gasteiger partial charge in [-0.3, -0.25) is 0 Å². The van der Waals surface area contributed by atoms with E-state index in [1.54, 1.807) is 0 Å². The van der Waals surface area contributed by atoms with Gasteiger partial charge in [0.25, 0.3) is 0 Å². The van der Waals surface area contributed by atoms with E-state index in [1.807, 2.05) is 14.0 Å². The molecule has 1 aliphatic rings. The van der Waals surface area contributed by atoms with Crippen LogP contribution >= 0.6 is 0 Å². The zero-order valence-corrected chi connectivity index (χ0v) is 9.01. The van der Waals surface area contributed by atoms with E-state index in [2.05, 4.69) is 17.1 Å². The van der Waals surface area contributed by atoms with Gasteiger partial charge in [0, 0.05) is 12.1 Å². The number of aliphatic hydroxyl groups is 1. The molecule has 1 fully saturated rings. The number of hydrogen-bond acceptors (Lipinski definition) is 3. The highest BCUT2D eigenvalue weighted by molar-refractivity contribution is 4.88. The maximum absolute atomic E-state index is 9.23. The molecular formula is C10H22N2O. The van der Waals surface area contributed by atoms with Crippen molar-refractivity contribution >= 4 is 0 Å². The second kappa shape index (κ2) is 4.40. The average Bonchev–Trinajstić information content (AvgIpc) is 2.09. The highest BCUT2D eigenvalue weighted by Gasteiger charge is 2.28. The average molecular weight is 186 g/mol. The molecule has 0 aromatic rings. The minimum Gasteiger partial charge on any atom is -0.392 e. The molecule has 0 aliphatic carbocycles. The van der Waals surface area contributed by atoms with Crippen LogP contribution in [-0.2, 0) is 0 Å². The molecule has 0 radical (unpaired) electrons. The lowest BCUT2D eigenvalue weighted by Gasteiger charge is -2.39. The number of aliphatic hydroxyl groups excluding tert-OH is 1. The summed E-state index contributed by atoms with van der Waals surface area (Å²) in [6, 6.07) is 0. The summed E-state index contributed by atoms with van der Waals surface area (Å²) in [5.41, 5.74) is 0.315. The molecule has 3 heteroatoms. The first-order chi connectivity index (χ1) is 6.06. The number of rotatable bonds is 3. The van der Waals surface area contributed by atoms with E-state index in [0.717, 1.165) is 19.6 Å². The fraction of sp³-hybridized carbons (Fsp3) is 1.00. The van der Waals surface area contributed by atoms with Crippen molar-refractivity contribution in [3.8, 4) is 0 Å². The zero-order valence-electron chi connectivity index (χ0n) is 9.01. The minimum atomic E-state index is -0.195. The smallest absolute Gasteiger partial charge is 0.0639 e. The van der Waals surface area contributed by atoms with E-state index in [4.69, 9.17) is 0 Å². The quantitative estimate of drug-likeness (QED) is 0.671. The van der Waals surface area contributed by atoms with Gasteiger partial charge in [-0.05, 0) is 46.8 Å². The summed E-state index contributed by atoms with van der Waals surface area (Å²) in [4.78, 5) is 2.34. The van der Waals surface area contributed by atoms with E-state index >= 15 is 0 Å². The molecule has 1 aliphatic heterocycles. The molecule has 1 rings (SSSR count). The van der Waals surface area contributed by atoms with Crippen LogP contribution < -0.4 is 5.32 Å². The number of nitrogens with one attached hydrogen (secondary N) is 1. The molecule has 0 aromatic heterocycles. The Morgan fingerprint density at radius 1 is 1.46 bits per heavy atom. The summed E-state index contributed by atoms with van der Waals surface area (Å²) < 4.78 is 0. The zero-order chi connectivity index (χ0) is 9.90. The molecule has 0 aromatic carbocycles. The maximum atomic E-state index is 9.23. The first-order valence-electron chi connectivity index (χ1n) is 5.15. The second-order valence-electron chi connectivity index (χ2n) is 4.46. The van der Waals surface area contributed by atoms with Crippen molar-refractivity contribution in [2.75, 3.05) is 26.7 Å². The Morgan fingerprint density at radius 3 is 2.38 bits per heavy atom. The van der Waals surface area contributed by atoms with Crippen LogP contribution in [0.1, 0.15) is 26.7 Å². The lowest BCUT2D eigenvalue weighted by molar-refractivity contribution is 0.0887. The normalized spacial score (nSPS) is 25.8. The van der Waals surface area contributed by atoms with E-state index < -0.39 is 0 Å². The monoisotopic (exact) mass is 186 g/mol. The third kappa shape index (κ3) is 3.25. The van der Waals surface area contributed by atoms with Crippen LogP contribution in [0.3, 0.4) is 0 Å². The SMILES string of the molecule is CNC1(C)CCN(CC(C)O)CC1. The maximum Gasteiger partial charge on any atom is 0.0639 e. The topological polar surface area (TPSA) is 35.5 Å². The fourth-order valence-electron chi connectivity index (χ4n) is 1.85. The van der Waals surface area contributed by atoms with E-state index in [-0.39, 0.29) is 6.10 Å². The number of nitrogens with zero attached hydrogens (tertiary/aromatic N) is 1. The van der Waals surface area contributed by atoms with Gasteiger partial charge >= 0.3 is 0 Å². The summed E-state index contributed by atoms with van der Waals surface area (Å²) in [5, 5.41) is 12.6. The van der Waals surface area contributed by atoms with Crippen molar-refractivity contribution in [3.05, 3.63) is 0 Å². The van der Waals surface area contributed by atoms with Crippen LogP contribution in [0, 0.1) is 0 Å². The van der Waals surface area contributed by atoms with Crippen LogP contribution in [-0.4, -0.2) is 48.3 Å². The Balaban J connectivity index is 2.30. The molecule has 3 nitrogen and oxygen atoms in total. The van der Waals surface area contributed by atoms with Crippen LogP contribution in [0.15, 0.2) is 0 Å². The second-order valence-corrected chi connectivity index (χ2v) is 4.46. The first-order valence-corrected chi connectivity index (χ1v) is 5.15. The van der Waals surface area contributed by atoms with Gasteiger partial charge < -0.3 is 15.3 Å². The van der Waals surface area contributed by atoms with Gasteiger partial charge in [-0.25, -0.2) is 0 Å². The third-order valence-electron chi connectivity index (χ3n) is 3.09. The van der Waals surface area contributed by atoms with Gasteiger partial charge in [0.1, 0.15) is 0 Å². The van der Waals surface area contributed by atoms with E-state index in [0.29, 0.717) is 5.54 Å². The number of likely N-dealkylation sites (tertiary alicyclic amines) is 1. The molecule has 0 bridgehead atoms. The number of β-amino-alcohol motifs (C(OH)–C–C–N with tert-alkyl or cyclic N) is 1. The van der Waals surface area contributed by atoms with Gasteiger partial charge in [0.15, 0.2) is 0 Å². The van der Waals surface area contributed by atoms with Crippen molar-refractivity contribution in [2.45, 2.75) is 38.3 Å². The molecule has 0 amide bonds. The molecule has 1 heterocycles. The summed E-state index contributed by atoms with van der Waals surface area (Å²) in [6.45, 7) is 7.14. The largest absolute Gasteiger partial charge is 0.392 e. The first kappa shape index (κ1) is 11.0. The highest BCUT2D eigenvalue weighted by Crippen LogP contribution is 2.20. The predicted octanol–water partition coefficient (Wildman–Crippen LogP) is 0.441. The molecule has 78 valence electrons. The molecule has 1 saturated heterocycles. The fourth-order valence-corrected chi connectivity index (χ4v) is 1.85. The van der Waals surface area contributed by atoms with Crippen molar-refractivity contribution in [1.82, 2.24) is 10.2 Å². The summed E-state index contributed by atoms with van der Waals surface area (Å²) in [5.74, 6) is 0. The molecule has 2 N–H and O–H groups in total. The summed E-state index contributed by atoms with van der Waals surface area (Å²) in [7, 11) is 2.03. The number of hydrogen-bond donors (Lipinski definition) is 2. The molecule has 1 unspecified atom stereocenters. The van der Waals surface area contributed by atoms with E-state index in [9.17, 15) is 5.11 Å². The van der Waals surface area contributed by atoms with Crippen LogP contribution in [0.2, 0.25) is 0 Å². The highest BCUT2D eigenvalue weighted by atomic mass is 16.3. The van der Waals surface area contributed by atoms with Gasteiger partial charge in [-0.1, -0.05) is 0 Å². The van der Waals surface area contributed by atoms with Crippen LogP contribution in [0.5, 0.6) is 0 Å². The minimum absolute atomic E-state index is 0.195. The lowest BCUT2D eigenvalue weighted by atomic mass is 9.90. The summed E-state index contributed by atoms with van der Waals surface area (Å²) in [6.07, 6.45) is 2.16. The molecule has 0 spiro atoms. The van der Waals surface area contributed by atoms with Crippen LogP contribution in [0.25, 0.3) is 0 Å². The van der Waals surface area contributed by atoms with Crippen molar-refractivity contribution < 1.29 is 5.11 Å². The lowest BCUT2D eigenvalue weighted by Crippen LogP contribution is -2.51. The standard InChI is InChI=1S/C10H22N2O/c1-9(13)8-12-6-4-10(2,11-3)5-7-12/h9,11,13H,4-8H2,1-3H3. The third-order valence-corrected chi connectivity index (χ3v) is 3.09. The van der Waals surface area contributed by atoms with Gasteiger partial charge in [-0.15, -0.1) is 0 Å². The molecule has 0 saturated carbocycles. The Bertz CT molecular complexity index is 151. The van der Waals surface area contributed by atoms with Crippen molar-refractivity contribution in [2.24, 2.45) is 0 Å². The Hall–Kier alpha value is -0.120. The van der Waals surface area contributed by atoms with Gasteiger partial charge in [-0.2, -0.15) is 0 Å². The molecule has 1 atom stereocenters. The van der Waals surface area contributed by atoms with Crippen molar-refractivity contribution in [1.29, 1.82) is 0 Å². The molecule has 13 heavy (non-hydrogen) atoms. The molecular weight excluding hydrogens is 164 g/mol. The van der Waals surface area contributed by atoms with Crippen molar-refractivity contribution in [3.63, 3.8) is 0 Å². The van der Waals surface area contributed by atoms with Gasteiger partial charge in [0.2, 0.25) is 0 Å². The Kier molecular flexibility index (Phi) is 3.71. The van der Waals surface area contributed by atoms with Gasteiger partial charge in [0.05, 0.1) is 6.10 Å². The Morgan fingerprint density at radius 2 is 2.00 bits per heavy atom. The Labute approximate surface area is 81.1 Å². The van der Waals surface area contributed by atoms with Crippen LogP contribution in [0.4, 0.5) is 0 Å². The van der Waals surface area contributed by atoms with E-state index in [1.165, 1.54) is 12.8 Å². The predicted molar refractivity (Wildman–Crippen MR) is 54.8 cm³/mol.